The lowest BCUT2D eigenvalue weighted by atomic mass is 10.0. The number of nitrogens with zero attached hydrogens (tertiary/aromatic N) is 3. The Labute approximate surface area is 183 Å². The summed E-state index contributed by atoms with van der Waals surface area (Å²) >= 11 is 1.60. The van der Waals surface area contributed by atoms with E-state index in [-0.39, 0.29) is 0 Å². The number of rotatable bonds is 6. The fraction of sp³-hybridized carbons (Fsp3) is 0.375. The second-order valence-electron chi connectivity index (χ2n) is 8.14. The Morgan fingerprint density at radius 2 is 1.87 bits per heavy atom. The highest BCUT2D eigenvalue weighted by Crippen LogP contribution is 2.36. The summed E-state index contributed by atoms with van der Waals surface area (Å²) in [4.78, 5) is 10.4. The molecule has 0 aliphatic carbocycles. The molecule has 158 valence electrons. The second kappa shape index (κ2) is 9.06. The molecule has 4 rings (SSSR count). The number of aryl methyl sites for hydroxylation is 1. The molecular formula is C24H31N5S. The fourth-order valence-electron chi connectivity index (χ4n) is 4.04. The summed E-state index contributed by atoms with van der Waals surface area (Å²) in [6.45, 7) is 4.38. The molecule has 1 aromatic heterocycles. The minimum atomic E-state index is 0.580. The van der Waals surface area contributed by atoms with E-state index in [1.54, 1.807) is 11.3 Å². The zero-order valence-corrected chi connectivity index (χ0v) is 18.9. The van der Waals surface area contributed by atoms with E-state index in [4.69, 9.17) is 5.73 Å². The van der Waals surface area contributed by atoms with E-state index in [1.165, 1.54) is 24.1 Å². The monoisotopic (exact) mass is 421 g/mol. The first kappa shape index (κ1) is 20.7. The quantitative estimate of drug-likeness (QED) is 0.571. The smallest absolute Gasteiger partial charge is 0.189 e. The van der Waals surface area contributed by atoms with Gasteiger partial charge in [0.15, 0.2) is 5.13 Å². The molecule has 3 aromatic rings. The standard InChI is InChI=1S/C24H31N5S/c1-4-17-6-5-7-18(16-17)22-23(25)27-24(30-22)26-19-8-10-21(11-9-19)29-14-12-20(13-15-29)28(2)3/h5-11,16,20H,4,12-15,25H2,1-3H3,(H,26,27). The van der Waals surface area contributed by atoms with Crippen molar-refractivity contribution in [3.8, 4) is 10.4 Å². The minimum absolute atomic E-state index is 0.580. The van der Waals surface area contributed by atoms with E-state index in [9.17, 15) is 0 Å². The number of piperidine rings is 1. The first-order chi connectivity index (χ1) is 14.5. The molecule has 0 radical (unpaired) electrons. The van der Waals surface area contributed by atoms with Crippen molar-refractivity contribution in [2.45, 2.75) is 32.2 Å². The van der Waals surface area contributed by atoms with Gasteiger partial charge in [-0.05, 0) is 68.8 Å². The van der Waals surface area contributed by atoms with Crippen LogP contribution in [0.15, 0.2) is 48.5 Å². The van der Waals surface area contributed by atoms with E-state index in [0.717, 1.165) is 40.8 Å². The molecular weight excluding hydrogens is 390 g/mol. The number of hydrogen-bond acceptors (Lipinski definition) is 6. The Kier molecular flexibility index (Phi) is 6.25. The summed E-state index contributed by atoms with van der Waals surface area (Å²) in [5.74, 6) is 0.580. The van der Waals surface area contributed by atoms with Crippen molar-refractivity contribution < 1.29 is 0 Å². The van der Waals surface area contributed by atoms with Crippen LogP contribution in [0.25, 0.3) is 10.4 Å². The maximum Gasteiger partial charge on any atom is 0.189 e. The summed E-state index contributed by atoms with van der Waals surface area (Å²) in [6, 6.07) is 17.9. The normalized spacial score (nSPS) is 15.0. The number of nitrogen functional groups attached to an aromatic ring is 1. The van der Waals surface area contributed by atoms with Gasteiger partial charge in [0.25, 0.3) is 0 Å². The third-order valence-electron chi connectivity index (χ3n) is 5.93. The van der Waals surface area contributed by atoms with Crippen LogP contribution in [0, 0.1) is 0 Å². The van der Waals surface area contributed by atoms with E-state index in [2.05, 4.69) is 89.7 Å². The predicted molar refractivity (Wildman–Crippen MR) is 130 cm³/mol. The van der Waals surface area contributed by atoms with Gasteiger partial charge in [-0.3, -0.25) is 0 Å². The number of nitrogens with two attached hydrogens (primary N) is 1. The average Bonchev–Trinajstić information content (AvgIpc) is 3.14. The van der Waals surface area contributed by atoms with Crippen LogP contribution < -0.4 is 16.0 Å². The Morgan fingerprint density at radius 3 is 2.53 bits per heavy atom. The molecule has 30 heavy (non-hydrogen) atoms. The number of hydrogen-bond donors (Lipinski definition) is 2. The van der Waals surface area contributed by atoms with Gasteiger partial charge in [-0.15, -0.1) is 0 Å². The van der Waals surface area contributed by atoms with E-state index < -0.39 is 0 Å². The number of anilines is 4. The summed E-state index contributed by atoms with van der Waals surface area (Å²) in [5.41, 5.74) is 11.0. The molecule has 0 spiro atoms. The minimum Gasteiger partial charge on any atom is -0.382 e. The number of nitrogens with one attached hydrogen (secondary N) is 1. The highest BCUT2D eigenvalue weighted by molar-refractivity contribution is 7.19. The maximum absolute atomic E-state index is 6.22. The first-order valence-electron chi connectivity index (χ1n) is 10.7. The molecule has 2 aromatic carbocycles. The van der Waals surface area contributed by atoms with Gasteiger partial charge < -0.3 is 20.9 Å². The van der Waals surface area contributed by atoms with E-state index in [1.807, 2.05) is 0 Å². The Bertz CT molecular complexity index is 972. The highest BCUT2D eigenvalue weighted by atomic mass is 32.1. The lowest BCUT2D eigenvalue weighted by Gasteiger charge is -2.36. The lowest BCUT2D eigenvalue weighted by Crippen LogP contribution is -2.41. The molecule has 3 N–H and O–H groups in total. The van der Waals surface area contributed by atoms with Crippen LogP contribution in [-0.4, -0.2) is 43.1 Å². The molecule has 1 saturated heterocycles. The number of aromatic nitrogens is 1. The van der Waals surface area contributed by atoms with Crippen LogP contribution in [0.3, 0.4) is 0 Å². The van der Waals surface area contributed by atoms with Crippen molar-refractivity contribution >= 4 is 33.7 Å². The van der Waals surface area contributed by atoms with E-state index >= 15 is 0 Å². The van der Waals surface area contributed by atoms with Crippen LogP contribution in [-0.2, 0) is 6.42 Å². The molecule has 0 bridgehead atoms. The van der Waals surface area contributed by atoms with Crippen LogP contribution >= 0.6 is 11.3 Å². The fourth-order valence-corrected chi connectivity index (χ4v) is 4.95. The summed E-state index contributed by atoms with van der Waals surface area (Å²) in [6.07, 6.45) is 3.44. The van der Waals surface area contributed by atoms with Gasteiger partial charge in [0.1, 0.15) is 5.82 Å². The Balaban J connectivity index is 1.43. The van der Waals surface area contributed by atoms with Crippen molar-refractivity contribution in [1.82, 2.24) is 9.88 Å². The Morgan fingerprint density at radius 1 is 1.13 bits per heavy atom. The topological polar surface area (TPSA) is 57.4 Å². The zero-order valence-electron chi connectivity index (χ0n) is 18.1. The largest absolute Gasteiger partial charge is 0.382 e. The van der Waals surface area contributed by atoms with Crippen LogP contribution in [0.1, 0.15) is 25.3 Å². The third kappa shape index (κ3) is 4.60. The molecule has 5 nitrogen and oxygen atoms in total. The van der Waals surface area contributed by atoms with Gasteiger partial charge in [-0.2, -0.15) is 0 Å². The van der Waals surface area contributed by atoms with Gasteiger partial charge in [-0.1, -0.05) is 42.5 Å². The van der Waals surface area contributed by atoms with E-state index in [0.29, 0.717) is 11.9 Å². The van der Waals surface area contributed by atoms with Gasteiger partial charge in [-0.25, -0.2) is 4.98 Å². The summed E-state index contributed by atoms with van der Waals surface area (Å²) < 4.78 is 0. The van der Waals surface area contributed by atoms with Crippen molar-refractivity contribution in [3.05, 3.63) is 54.1 Å². The average molecular weight is 422 g/mol. The summed E-state index contributed by atoms with van der Waals surface area (Å²) in [7, 11) is 4.36. The van der Waals surface area contributed by atoms with Crippen molar-refractivity contribution in [1.29, 1.82) is 0 Å². The van der Waals surface area contributed by atoms with Gasteiger partial charge in [0.2, 0.25) is 0 Å². The van der Waals surface area contributed by atoms with Crippen LogP contribution in [0.2, 0.25) is 0 Å². The van der Waals surface area contributed by atoms with Crippen molar-refractivity contribution in [2.75, 3.05) is 43.1 Å². The predicted octanol–water partition coefficient (Wildman–Crippen LogP) is 5.23. The third-order valence-corrected chi connectivity index (χ3v) is 6.96. The SMILES string of the molecule is CCc1cccc(-c2sc(Nc3ccc(N4CCC(N(C)C)CC4)cc3)nc2N)c1. The van der Waals surface area contributed by atoms with Gasteiger partial charge >= 0.3 is 0 Å². The maximum atomic E-state index is 6.22. The first-order valence-corrected chi connectivity index (χ1v) is 11.5. The molecule has 1 aliphatic heterocycles. The molecule has 1 aliphatic rings. The van der Waals surface area contributed by atoms with Gasteiger partial charge in [0.05, 0.1) is 4.88 Å². The van der Waals surface area contributed by atoms with Crippen LogP contribution in [0.4, 0.5) is 22.3 Å². The van der Waals surface area contributed by atoms with Gasteiger partial charge in [0, 0.05) is 30.5 Å². The summed E-state index contributed by atoms with van der Waals surface area (Å²) in [5, 5.41) is 4.24. The lowest BCUT2D eigenvalue weighted by molar-refractivity contribution is 0.249. The van der Waals surface area contributed by atoms with Crippen LogP contribution in [0.5, 0.6) is 0 Å². The highest BCUT2D eigenvalue weighted by Gasteiger charge is 2.20. The molecule has 0 atom stereocenters. The Hall–Kier alpha value is -2.57. The molecule has 0 unspecified atom stereocenters. The number of benzene rings is 2. The molecule has 0 amide bonds. The molecule has 6 heteroatoms. The molecule has 2 heterocycles. The van der Waals surface area contributed by atoms with Crippen molar-refractivity contribution in [2.24, 2.45) is 0 Å². The second-order valence-corrected chi connectivity index (χ2v) is 9.14. The zero-order chi connectivity index (χ0) is 21.1. The molecule has 1 fully saturated rings. The van der Waals surface area contributed by atoms with Crippen molar-refractivity contribution in [3.63, 3.8) is 0 Å². The number of thiazole rings is 1. The molecule has 0 saturated carbocycles.